The summed E-state index contributed by atoms with van der Waals surface area (Å²) in [5.41, 5.74) is 3.33. The van der Waals surface area contributed by atoms with Gasteiger partial charge in [-0.2, -0.15) is 4.98 Å². The molecule has 0 aliphatic carbocycles. The van der Waals surface area contributed by atoms with E-state index in [1.807, 2.05) is 44.0 Å². The summed E-state index contributed by atoms with van der Waals surface area (Å²) >= 11 is 0. The quantitative estimate of drug-likeness (QED) is 0.135. The van der Waals surface area contributed by atoms with E-state index in [0.29, 0.717) is 24.9 Å². The van der Waals surface area contributed by atoms with Gasteiger partial charge in [-0.3, -0.25) is 4.79 Å². The number of nitrogens with one attached hydrogen (secondary N) is 1. The highest BCUT2D eigenvalue weighted by Gasteiger charge is 2.26. The van der Waals surface area contributed by atoms with Gasteiger partial charge in [-0.1, -0.05) is 57.5 Å². The van der Waals surface area contributed by atoms with Crippen molar-refractivity contribution in [2.75, 3.05) is 31.5 Å². The van der Waals surface area contributed by atoms with Crippen molar-refractivity contribution in [2.45, 2.75) is 71.2 Å². The van der Waals surface area contributed by atoms with Gasteiger partial charge < -0.3 is 4.74 Å². The van der Waals surface area contributed by atoms with Crippen molar-refractivity contribution in [3.63, 3.8) is 0 Å². The molecule has 1 heterocycles. The summed E-state index contributed by atoms with van der Waals surface area (Å²) in [7, 11) is -2.35. The van der Waals surface area contributed by atoms with Crippen molar-refractivity contribution in [3.8, 4) is 17.1 Å². The molecule has 0 aliphatic rings. The van der Waals surface area contributed by atoms with Gasteiger partial charge in [-0.15, -0.1) is 0 Å². The first-order chi connectivity index (χ1) is 20.8. The van der Waals surface area contributed by atoms with Crippen LogP contribution in [0.3, 0.4) is 0 Å². The first-order valence-corrected chi connectivity index (χ1v) is 16.2. The van der Waals surface area contributed by atoms with E-state index in [2.05, 4.69) is 28.5 Å². The van der Waals surface area contributed by atoms with E-state index < -0.39 is 16.4 Å². The SMILES string of the molecule is CCCCN(CC(F)F)N(C)[C@@H](COc1cc(-c2c(C)cccc2C)nc(NS(=O)(=O)c2cccc(C=O)c2)n1)CC(C)C. The molecular weight excluding hydrogens is 588 g/mol. The van der Waals surface area contributed by atoms with Crippen molar-refractivity contribution < 1.29 is 26.7 Å². The van der Waals surface area contributed by atoms with Gasteiger partial charge >= 0.3 is 0 Å². The Bertz CT molecular complexity index is 1480. The summed E-state index contributed by atoms with van der Waals surface area (Å²) in [6.45, 7) is 10.2. The van der Waals surface area contributed by atoms with Gasteiger partial charge in [0.15, 0.2) is 0 Å². The number of hydrazine groups is 1. The largest absolute Gasteiger partial charge is 0.476 e. The lowest BCUT2D eigenvalue weighted by Crippen LogP contribution is -2.51. The maximum absolute atomic E-state index is 13.5. The highest BCUT2D eigenvalue weighted by Crippen LogP contribution is 2.30. The summed E-state index contributed by atoms with van der Waals surface area (Å²) < 4.78 is 62.1. The van der Waals surface area contributed by atoms with E-state index in [1.54, 1.807) is 18.1 Å². The normalized spacial score (nSPS) is 12.7. The van der Waals surface area contributed by atoms with E-state index in [-0.39, 0.29) is 47.4 Å². The summed E-state index contributed by atoms with van der Waals surface area (Å²) in [5.74, 6) is 0.187. The maximum atomic E-state index is 13.5. The van der Waals surface area contributed by atoms with Crippen LogP contribution in [0.1, 0.15) is 61.5 Å². The second-order valence-electron chi connectivity index (χ2n) is 11.3. The van der Waals surface area contributed by atoms with E-state index in [1.165, 1.54) is 24.3 Å². The van der Waals surface area contributed by atoms with Crippen LogP contribution in [0.5, 0.6) is 5.88 Å². The fraction of sp³-hybridized carbons (Fsp3) is 0.469. The third-order valence-corrected chi connectivity index (χ3v) is 8.56. The third kappa shape index (κ3) is 9.76. The van der Waals surface area contributed by atoms with E-state index in [9.17, 15) is 22.0 Å². The standard InChI is InChI=1S/C32H43F2N5O4S/c1-7-8-15-39(19-29(33)34)38(6)26(16-22(2)3)21-43-30-18-28(31-23(4)11-9-12-24(31)5)35-32(36-30)37-44(41,42)27-14-10-13-25(17-27)20-40/h9-14,17-18,20,22,26,29H,7-8,15-16,19,21H2,1-6H3,(H,35,36,37)/t26-/m1/s1. The Balaban J connectivity index is 2.00. The minimum absolute atomic E-state index is 0.115. The number of unbranched alkanes of at least 4 members (excludes halogenated alkanes) is 1. The van der Waals surface area contributed by atoms with Gasteiger partial charge in [0.05, 0.1) is 23.2 Å². The highest BCUT2D eigenvalue weighted by molar-refractivity contribution is 7.92. The lowest BCUT2D eigenvalue weighted by Gasteiger charge is -2.38. The van der Waals surface area contributed by atoms with Gasteiger partial charge in [0.1, 0.15) is 12.9 Å². The number of carbonyl (C=O) groups is 1. The Morgan fingerprint density at radius 1 is 1.05 bits per heavy atom. The number of aldehydes is 1. The van der Waals surface area contributed by atoms with Gasteiger partial charge in [0.25, 0.3) is 16.4 Å². The molecule has 12 heteroatoms. The van der Waals surface area contributed by atoms with Crippen molar-refractivity contribution in [1.29, 1.82) is 0 Å². The smallest absolute Gasteiger partial charge is 0.264 e. The van der Waals surface area contributed by atoms with Crippen LogP contribution in [0.2, 0.25) is 0 Å². The first-order valence-electron chi connectivity index (χ1n) is 14.8. The molecule has 1 N–H and O–H groups in total. The molecule has 9 nitrogen and oxygen atoms in total. The Labute approximate surface area is 259 Å². The number of aromatic nitrogens is 2. The summed E-state index contributed by atoms with van der Waals surface area (Å²) in [6.07, 6.45) is 0.400. The van der Waals surface area contributed by atoms with E-state index in [4.69, 9.17) is 4.74 Å². The van der Waals surface area contributed by atoms with Crippen LogP contribution < -0.4 is 9.46 Å². The van der Waals surface area contributed by atoms with Crippen molar-refractivity contribution in [3.05, 3.63) is 65.2 Å². The topological polar surface area (TPSA) is 105 Å². The third-order valence-electron chi connectivity index (χ3n) is 7.23. The maximum Gasteiger partial charge on any atom is 0.264 e. The zero-order valence-corrected chi connectivity index (χ0v) is 27.1. The summed E-state index contributed by atoms with van der Waals surface area (Å²) in [4.78, 5) is 20.0. The predicted octanol–water partition coefficient (Wildman–Crippen LogP) is 6.38. The number of anilines is 1. The van der Waals surface area contributed by atoms with E-state index >= 15 is 0 Å². The fourth-order valence-corrected chi connectivity index (χ4v) is 5.99. The Morgan fingerprint density at radius 2 is 1.73 bits per heavy atom. The highest BCUT2D eigenvalue weighted by atomic mass is 32.2. The van der Waals surface area contributed by atoms with Crippen LogP contribution in [0.25, 0.3) is 11.3 Å². The number of rotatable bonds is 17. The number of nitrogens with zero attached hydrogens (tertiary/aromatic N) is 4. The minimum atomic E-state index is -4.15. The number of halogens is 2. The van der Waals surface area contributed by atoms with Gasteiger partial charge in [0.2, 0.25) is 11.8 Å². The molecule has 0 unspecified atom stereocenters. The van der Waals surface area contributed by atoms with Crippen molar-refractivity contribution in [2.24, 2.45) is 5.92 Å². The predicted molar refractivity (Wildman–Crippen MR) is 169 cm³/mol. The van der Waals surface area contributed by atoms with E-state index in [0.717, 1.165) is 29.5 Å². The number of sulfonamides is 1. The first kappa shape index (κ1) is 35.0. The van der Waals surface area contributed by atoms with Crippen LogP contribution in [0.4, 0.5) is 14.7 Å². The molecule has 0 aliphatic heterocycles. The van der Waals surface area contributed by atoms with Gasteiger partial charge in [-0.05, 0) is 55.9 Å². The average Bonchev–Trinajstić information content (AvgIpc) is 2.96. The number of alkyl halides is 2. The second-order valence-corrected chi connectivity index (χ2v) is 13.0. The second kappa shape index (κ2) is 16.0. The fourth-order valence-electron chi connectivity index (χ4n) is 4.99. The lowest BCUT2D eigenvalue weighted by molar-refractivity contribution is -0.0844. The number of benzene rings is 2. The lowest BCUT2D eigenvalue weighted by atomic mass is 10.00. The number of likely N-dealkylation sites (N-methyl/N-ethyl adjacent to an activating group) is 1. The van der Waals surface area contributed by atoms with Crippen molar-refractivity contribution in [1.82, 2.24) is 20.0 Å². The number of carbonyl (C=O) groups excluding carboxylic acids is 1. The monoisotopic (exact) mass is 631 g/mol. The molecule has 2 aromatic carbocycles. The Kier molecular flexibility index (Phi) is 12.7. The van der Waals surface area contributed by atoms with Crippen LogP contribution in [-0.4, -0.2) is 73.9 Å². The zero-order valence-electron chi connectivity index (χ0n) is 26.3. The number of ether oxygens (including phenoxy) is 1. The molecule has 240 valence electrons. The molecule has 0 spiro atoms. The molecule has 3 aromatic rings. The molecule has 1 atom stereocenters. The zero-order chi connectivity index (χ0) is 32.4. The summed E-state index contributed by atoms with van der Waals surface area (Å²) in [5, 5.41) is 3.50. The van der Waals surface area contributed by atoms with Crippen LogP contribution >= 0.6 is 0 Å². The minimum Gasteiger partial charge on any atom is -0.476 e. The number of hydrogen-bond acceptors (Lipinski definition) is 8. The number of hydrogen-bond donors (Lipinski definition) is 1. The molecule has 0 radical (unpaired) electrons. The molecule has 0 fully saturated rings. The molecule has 0 amide bonds. The molecule has 3 rings (SSSR count). The molecule has 0 saturated heterocycles. The molecule has 44 heavy (non-hydrogen) atoms. The average molecular weight is 632 g/mol. The molecule has 1 aromatic heterocycles. The molecular formula is C32H43F2N5O4S. The molecule has 0 saturated carbocycles. The Morgan fingerprint density at radius 3 is 2.34 bits per heavy atom. The Hall–Kier alpha value is -3.48. The van der Waals surface area contributed by atoms with Gasteiger partial charge in [-0.25, -0.2) is 36.9 Å². The van der Waals surface area contributed by atoms with Crippen molar-refractivity contribution >= 4 is 22.3 Å². The van der Waals surface area contributed by atoms with Crippen LogP contribution in [-0.2, 0) is 10.0 Å². The number of aryl methyl sites for hydroxylation is 2. The molecule has 0 bridgehead atoms. The van der Waals surface area contributed by atoms with Crippen LogP contribution in [0.15, 0.2) is 53.4 Å². The van der Waals surface area contributed by atoms with Gasteiger partial charge in [0, 0.05) is 30.8 Å². The summed E-state index contributed by atoms with van der Waals surface area (Å²) in [6, 6.07) is 12.8. The van der Waals surface area contributed by atoms with Crippen LogP contribution in [0, 0.1) is 19.8 Å².